The molecular weight excluding hydrogens is 285 g/mol. The summed E-state index contributed by atoms with van der Waals surface area (Å²) in [6, 6.07) is 4.43. The van der Waals surface area contributed by atoms with Crippen LogP contribution in [-0.4, -0.2) is 18.1 Å². The Hall–Kier alpha value is -2.23. The zero-order valence-electron chi connectivity index (χ0n) is 11.8. The minimum absolute atomic E-state index is 0.131. The molecule has 0 heterocycles. The minimum Gasteiger partial charge on any atom is -0.480 e. The maximum absolute atomic E-state index is 12.9. The molecule has 7 heteroatoms. The Kier molecular flexibility index (Phi) is 5.19. The summed E-state index contributed by atoms with van der Waals surface area (Å²) in [5.74, 6) is -0.990. The predicted octanol–water partition coefficient (Wildman–Crippen LogP) is 2.87. The van der Waals surface area contributed by atoms with Gasteiger partial charge in [-0.2, -0.15) is 18.4 Å². The molecule has 0 radical (unpaired) electrons. The molecule has 1 aromatic rings. The first-order valence-electron chi connectivity index (χ1n) is 6.23. The third kappa shape index (κ3) is 4.67. The Morgan fingerprint density at radius 1 is 1.33 bits per heavy atom. The molecule has 1 atom stereocenters. The van der Waals surface area contributed by atoms with Crippen LogP contribution in [0.1, 0.15) is 31.9 Å². The summed E-state index contributed by atoms with van der Waals surface area (Å²) in [4.78, 5) is 11.7. The molecule has 21 heavy (non-hydrogen) atoms. The molecule has 4 nitrogen and oxygen atoms in total. The van der Waals surface area contributed by atoms with Crippen molar-refractivity contribution in [3.63, 3.8) is 0 Å². The van der Waals surface area contributed by atoms with Gasteiger partial charge in [0.1, 0.15) is 5.75 Å². The average molecular weight is 300 g/mol. The molecule has 0 aliphatic rings. The zero-order valence-corrected chi connectivity index (χ0v) is 11.8. The molecule has 1 N–H and O–H groups in total. The van der Waals surface area contributed by atoms with Gasteiger partial charge in [-0.05, 0) is 39.0 Å². The molecule has 0 aromatic heterocycles. The van der Waals surface area contributed by atoms with Gasteiger partial charge in [-0.15, -0.1) is 0 Å². The first-order valence-corrected chi connectivity index (χ1v) is 6.23. The van der Waals surface area contributed by atoms with Crippen molar-refractivity contribution >= 4 is 5.91 Å². The smallest absolute Gasteiger partial charge is 0.420 e. The molecule has 0 aliphatic carbocycles. The van der Waals surface area contributed by atoms with Gasteiger partial charge in [0.05, 0.1) is 17.2 Å². The number of amides is 1. The molecule has 0 aliphatic heterocycles. The molecule has 0 saturated carbocycles. The van der Waals surface area contributed by atoms with Crippen molar-refractivity contribution in [1.82, 2.24) is 5.32 Å². The zero-order chi connectivity index (χ0) is 16.2. The van der Waals surface area contributed by atoms with Crippen LogP contribution in [0.3, 0.4) is 0 Å². The number of carbonyl (C=O) groups is 1. The van der Waals surface area contributed by atoms with Crippen LogP contribution in [0.4, 0.5) is 13.2 Å². The molecule has 1 rings (SSSR count). The SMILES string of the molecule is CC(C)NC(=O)C(C)Oc1ccc(C#N)cc1C(F)(F)F. The summed E-state index contributed by atoms with van der Waals surface area (Å²) in [5.41, 5.74) is -1.21. The van der Waals surface area contributed by atoms with Crippen LogP contribution in [-0.2, 0) is 11.0 Å². The first-order chi connectivity index (χ1) is 9.65. The number of benzene rings is 1. The summed E-state index contributed by atoms with van der Waals surface area (Å²) >= 11 is 0. The maximum atomic E-state index is 12.9. The Morgan fingerprint density at radius 2 is 1.95 bits per heavy atom. The van der Waals surface area contributed by atoms with Crippen molar-refractivity contribution in [3.05, 3.63) is 29.3 Å². The molecule has 0 saturated heterocycles. The molecule has 0 fully saturated rings. The van der Waals surface area contributed by atoms with Gasteiger partial charge in [0.2, 0.25) is 0 Å². The summed E-state index contributed by atoms with van der Waals surface area (Å²) in [5, 5.41) is 11.2. The fourth-order valence-corrected chi connectivity index (χ4v) is 1.57. The molecule has 0 bridgehead atoms. The van der Waals surface area contributed by atoms with Gasteiger partial charge in [-0.3, -0.25) is 4.79 Å². The van der Waals surface area contributed by atoms with E-state index in [1.807, 2.05) is 0 Å². The number of nitriles is 1. The van der Waals surface area contributed by atoms with E-state index < -0.39 is 29.5 Å². The third-order valence-corrected chi connectivity index (χ3v) is 2.52. The number of rotatable bonds is 4. The fourth-order valence-electron chi connectivity index (χ4n) is 1.57. The van der Waals surface area contributed by atoms with E-state index in [-0.39, 0.29) is 11.6 Å². The number of alkyl halides is 3. The van der Waals surface area contributed by atoms with Crippen LogP contribution in [0.2, 0.25) is 0 Å². The number of hydrogen-bond acceptors (Lipinski definition) is 3. The van der Waals surface area contributed by atoms with E-state index in [1.165, 1.54) is 13.0 Å². The lowest BCUT2D eigenvalue weighted by atomic mass is 10.1. The molecule has 1 aromatic carbocycles. The van der Waals surface area contributed by atoms with Crippen LogP contribution in [0.15, 0.2) is 18.2 Å². The second-order valence-corrected chi connectivity index (χ2v) is 4.74. The summed E-state index contributed by atoms with van der Waals surface area (Å²) in [6.07, 6.45) is -5.75. The van der Waals surface area contributed by atoms with E-state index in [4.69, 9.17) is 10.00 Å². The standard InChI is InChI=1S/C14H15F3N2O2/c1-8(2)19-13(20)9(3)21-12-5-4-10(7-18)6-11(12)14(15,16)17/h4-6,8-9H,1-3H3,(H,19,20). The van der Waals surface area contributed by atoms with E-state index in [1.54, 1.807) is 19.9 Å². The summed E-state index contributed by atoms with van der Waals surface area (Å²) in [7, 11) is 0. The number of nitrogens with zero attached hydrogens (tertiary/aromatic N) is 1. The number of hydrogen-bond donors (Lipinski definition) is 1. The highest BCUT2D eigenvalue weighted by atomic mass is 19.4. The summed E-state index contributed by atoms with van der Waals surface area (Å²) < 4.78 is 43.9. The quantitative estimate of drug-likeness (QED) is 0.930. The van der Waals surface area contributed by atoms with E-state index in [9.17, 15) is 18.0 Å². The number of halogens is 3. The lowest BCUT2D eigenvalue weighted by Crippen LogP contribution is -2.40. The molecule has 1 unspecified atom stereocenters. The third-order valence-electron chi connectivity index (χ3n) is 2.52. The highest BCUT2D eigenvalue weighted by Crippen LogP contribution is 2.37. The van der Waals surface area contributed by atoms with Crippen molar-refractivity contribution in [2.75, 3.05) is 0 Å². The monoisotopic (exact) mass is 300 g/mol. The average Bonchev–Trinajstić information content (AvgIpc) is 2.37. The second-order valence-electron chi connectivity index (χ2n) is 4.74. The highest BCUT2D eigenvalue weighted by molar-refractivity contribution is 5.81. The lowest BCUT2D eigenvalue weighted by molar-refractivity contribution is -0.140. The van der Waals surface area contributed by atoms with E-state index >= 15 is 0 Å². The van der Waals surface area contributed by atoms with Crippen molar-refractivity contribution in [1.29, 1.82) is 5.26 Å². The van der Waals surface area contributed by atoms with Crippen molar-refractivity contribution in [2.45, 2.75) is 39.1 Å². The van der Waals surface area contributed by atoms with Crippen LogP contribution in [0.25, 0.3) is 0 Å². The van der Waals surface area contributed by atoms with Gasteiger partial charge in [-0.1, -0.05) is 0 Å². The number of ether oxygens (including phenoxy) is 1. The van der Waals surface area contributed by atoms with E-state index in [2.05, 4.69) is 5.32 Å². The van der Waals surface area contributed by atoms with Gasteiger partial charge in [0.25, 0.3) is 5.91 Å². The van der Waals surface area contributed by atoms with Crippen LogP contribution in [0.5, 0.6) is 5.75 Å². The molecule has 0 spiro atoms. The van der Waals surface area contributed by atoms with Gasteiger partial charge < -0.3 is 10.1 Å². The van der Waals surface area contributed by atoms with Gasteiger partial charge in [-0.25, -0.2) is 0 Å². The van der Waals surface area contributed by atoms with E-state index in [0.717, 1.165) is 6.07 Å². The van der Waals surface area contributed by atoms with Gasteiger partial charge in [0, 0.05) is 6.04 Å². The Bertz CT molecular complexity index is 562. The minimum atomic E-state index is -4.67. The topological polar surface area (TPSA) is 62.1 Å². The maximum Gasteiger partial charge on any atom is 0.420 e. The van der Waals surface area contributed by atoms with Crippen LogP contribution >= 0.6 is 0 Å². The Balaban J connectivity index is 3.03. The van der Waals surface area contributed by atoms with Crippen molar-refractivity contribution in [3.8, 4) is 11.8 Å². The van der Waals surface area contributed by atoms with E-state index in [0.29, 0.717) is 6.07 Å². The first kappa shape index (κ1) is 16.8. The Morgan fingerprint density at radius 3 is 2.43 bits per heavy atom. The van der Waals surface area contributed by atoms with Crippen LogP contribution in [0, 0.1) is 11.3 Å². The molecule has 114 valence electrons. The predicted molar refractivity (Wildman–Crippen MR) is 69.5 cm³/mol. The lowest BCUT2D eigenvalue weighted by Gasteiger charge is -2.19. The summed E-state index contributed by atoms with van der Waals surface area (Å²) in [6.45, 7) is 4.82. The normalized spacial score (nSPS) is 12.7. The van der Waals surface area contributed by atoms with Crippen molar-refractivity contribution < 1.29 is 22.7 Å². The van der Waals surface area contributed by atoms with Gasteiger partial charge >= 0.3 is 6.18 Å². The number of nitrogens with one attached hydrogen (secondary N) is 1. The molecule has 1 amide bonds. The molecular formula is C14H15F3N2O2. The largest absolute Gasteiger partial charge is 0.480 e. The van der Waals surface area contributed by atoms with Crippen LogP contribution < -0.4 is 10.1 Å². The highest BCUT2D eigenvalue weighted by Gasteiger charge is 2.35. The second kappa shape index (κ2) is 6.48. The van der Waals surface area contributed by atoms with Crippen molar-refractivity contribution in [2.24, 2.45) is 0 Å². The van der Waals surface area contributed by atoms with Gasteiger partial charge in [0.15, 0.2) is 6.10 Å². The fraction of sp³-hybridized carbons (Fsp3) is 0.429. The number of carbonyl (C=O) groups excluding carboxylic acids is 1. The Labute approximate surface area is 120 Å².